The number of benzene rings is 1. The maximum Gasteiger partial charge on any atom is 0.338 e. The lowest BCUT2D eigenvalue weighted by atomic mass is 10.2. The normalized spacial score (nSPS) is 23.6. The van der Waals surface area contributed by atoms with E-state index in [1.165, 1.54) is 28.6 Å². The van der Waals surface area contributed by atoms with Crippen molar-refractivity contribution in [1.82, 2.24) is 9.62 Å². The average Bonchev–Trinajstić information content (AvgIpc) is 3.43. The molecule has 148 valence electrons. The summed E-state index contributed by atoms with van der Waals surface area (Å²) in [5, 5.41) is 2.72. The second-order valence-electron chi connectivity index (χ2n) is 7.03. The summed E-state index contributed by atoms with van der Waals surface area (Å²) in [6.07, 6.45) is 1.47. The highest BCUT2D eigenvalue weighted by Gasteiger charge is 2.32. The van der Waals surface area contributed by atoms with Gasteiger partial charge in [0.2, 0.25) is 10.0 Å². The van der Waals surface area contributed by atoms with Crippen LogP contribution >= 0.6 is 0 Å². The number of carbonyl (C=O) groups excluding carboxylic acids is 2. The molecule has 1 aromatic carbocycles. The minimum atomic E-state index is -3.76. The van der Waals surface area contributed by atoms with Crippen LogP contribution in [0.5, 0.6) is 0 Å². The SMILES string of the molecule is C[C@@H]1CN(S(=O)(=O)c2cccc(C(=O)OCC(=O)NC3CC3)c2)C[C@@H](C)O1. The van der Waals surface area contributed by atoms with Gasteiger partial charge in [0, 0.05) is 19.1 Å². The van der Waals surface area contributed by atoms with Gasteiger partial charge >= 0.3 is 5.97 Å². The van der Waals surface area contributed by atoms with Crippen LogP contribution in [0.15, 0.2) is 29.2 Å². The van der Waals surface area contributed by atoms with E-state index in [1.54, 1.807) is 0 Å². The Labute approximate surface area is 158 Å². The Morgan fingerprint density at radius 1 is 1.22 bits per heavy atom. The first-order valence-electron chi connectivity index (χ1n) is 8.98. The van der Waals surface area contributed by atoms with E-state index < -0.39 is 16.0 Å². The first-order chi connectivity index (χ1) is 12.8. The molecule has 1 N–H and O–H groups in total. The van der Waals surface area contributed by atoms with Crippen LogP contribution in [0.3, 0.4) is 0 Å². The summed E-state index contributed by atoms with van der Waals surface area (Å²) in [6.45, 7) is 3.76. The highest BCUT2D eigenvalue weighted by atomic mass is 32.2. The number of ether oxygens (including phenoxy) is 2. The average molecular weight is 396 g/mol. The molecule has 1 heterocycles. The van der Waals surface area contributed by atoms with Crippen molar-refractivity contribution in [2.45, 2.75) is 49.8 Å². The van der Waals surface area contributed by atoms with Gasteiger partial charge in [-0.1, -0.05) is 6.07 Å². The number of hydrogen-bond acceptors (Lipinski definition) is 6. The molecule has 9 heteroatoms. The van der Waals surface area contributed by atoms with Gasteiger partial charge in [0.1, 0.15) is 0 Å². The Balaban J connectivity index is 1.68. The Kier molecular flexibility index (Phi) is 5.83. The molecule has 1 aliphatic heterocycles. The second kappa shape index (κ2) is 7.95. The molecule has 2 atom stereocenters. The molecule has 8 nitrogen and oxygen atoms in total. The van der Waals surface area contributed by atoms with Gasteiger partial charge in [-0.05, 0) is 44.9 Å². The largest absolute Gasteiger partial charge is 0.452 e. The summed E-state index contributed by atoms with van der Waals surface area (Å²) in [6, 6.07) is 5.85. The van der Waals surface area contributed by atoms with E-state index >= 15 is 0 Å². The molecule has 1 saturated heterocycles. The van der Waals surface area contributed by atoms with Crippen LogP contribution in [0, 0.1) is 0 Å². The molecule has 0 radical (unpaired) electrons. The number of sulfonamides is 1. The van der Waals surface area contributed by atoms with E-state index in [2.05, 4.69) is 5.32 Å². The smallest absolute Gasteiger partial charge is 0.338 e. The molecular weight excluding hydrogens is 372 g/mol. The summed E-state index contributed by atoms with van der Waals surface area (Å²) < 4.78 is 37.7. The van der Waals surface area contributed by atoms with Crippen molar-refractivity contribution in [2.24, 2.45) is 0 Å². The standard InChI is InChI=1S/C18H24N2O6S/c1-12-9-20(10-13(2)26-12)27(23,24)16-5-3-4-14(8-16)18(22)25-11-17(21)19-15-6-7-15/h3-5,8,12-13,15H,6-7,9-11H2,1-2H3,(H,19,21)/t12-,13-/m1/s1. The minimum absolute atomic E-state index is 0.0145. The van der Waals surface area contributed by atoms with E-state index in [0.717, 1.165) is 12.8 Å². The Morgan fingerprint density at radius 2 is 1.89 bits per heavy atom. The second-order valence-corrected chi connectivity index (χ2v) is 8.96. The van der Waals surface area contributed by atoms with Crippen LogP contribution in [-0.2, 0) is 24.3 Å². The van der Waals surface area contributed by atoms with Gasteiger partial charge in [-0.2, -0.15) is 4.31 Å². The van der Waals surface area contributed by atoms with Crippen LogP contribution in [0.1, 0.15) is 37.0 Å². The first-order valence-corrected chi connectivity index (χ1v) is 10.4. The van der Waals surface area contributed by atoms with Gasteiger partial charge in [0.15, 0.2) is 6.61 Å². The van der Waals surface area contributed by atoms with E-state index in [9.17, 15) is 18.0 Å². The van der Waals surface area contributed by atoms with Crippen molar-refractivity contribution in [3.05, 3.63) is 29.8 Å². The molecule has 0 aromatic heterocycles. The van der Waals surface area contributed by atoms with Gasteiger partial charge in [0.25, 0.3) is 5.91 Å². The molecule has 0 spiro atoms. The predicted octanol–water partition coefficient (Wildman–Crippen LogP) is 0.920. The van der Waals surface area contributed by atoms with Crippen molar-refractivity contribution < 1.29 is 27.5 Å². The maximum absolute atomic E-state index is 12.9. The summed E-state index contributed by atoms with van der Waals surface area (Å²) in [4.78, 5) is 23.8. The molecule has 2 aliphatic rings. The van der Waals surface area contributed by atoms with Crippen LogP contribution in [-0.4, -0.2) is 62.5 Å². The van der Waals surface area contributed by atoms with Crippen LogP contribution in [0.25, 0.3) is 0 Å². The van der Waals surface area contributed by atoms with Crippen LogP contribution in [0.4, 0.5) is 0 Å². The molecule has 0 bridgehead atoms. The fraction of sp³-hybridized carbons (Fsp3) is 0.556. The number of nitrogens with zero attached hydrogens (tertiary/aromatic N) is 1. The number of esters is 1. The summed E-state index contributed by atoms with van der Waals surface area (Å²) in [7, 11) is -3.76. The summed E-state index contributed by atoms with van der Waals surface area (Å²) in [5.41, 5.74) is 0.0876. The number of carbonyl (C=O) groups is 2. The molecule has 27 heavy (non-hydrogen) atoms. The molecule has 1 aliphatic carbocycles. The lowest BCUT2D eigenvalue weighted by Gasteiger charge is -2.34. The van der Waals surface area contributed by atoms with Crippen molar-refractivity contribution in [3.8, 4) is 0 Å². The zero-order valence-electron chi connectivity index (χ0n) is 15.4. The molecule has 3 rings (SSSR count). The van der Waals surface area contributed by atoms with Crippen LogP contribution < -0.4 is 5.32 Å². The van der Waals surface area contributed by atoms with Gasteiger partial charge < -0.3 is 14.8 Å². The molecule has 0 unspecified atom stereocenters. The topological polar surface area (TPSA) is 102 Å². The maximum atomic E-state index is 12.9. The summed E-state index contributed by atoms with van der Waals surface area (Å²) >= 11 is 0. The monoisotopic (exact) mass is 396 g/mol. The number of morpholine rings is 1. The van der Waals surface area contributed by atoms with Gasteiger partial charge in [-0.25, -0.2) is 13.2 Å². The highest BCUT2D eigenvalue weighted by Crippen LogP contribution is 2.22. The van der Waals surface area contributed by atoms with E-state index in [0.29, 0.717) is 0 Å². The fourth-order valence-electron chi connectivity index (χ4n) is 2.97. The zero-order valence-corrected chi connectivity index (χ0v) is 16.2. The van der Waals surface area contributed by atoms with E-state index in [4.69, 9.17) is 9.47 Å². The predicted molar refractivity (Wildman–Crippen MR) is 96.7 cm³/mol. The first kappa shape index (κ1) is 19.8. The third kappa shape index (κ3) is 5.06. The number of hydrogen-bond donors (Lipinski definition) is 1. The highest BCUT2D eigenvalue weighted by molar-refractivity contribution is 7.89. The van der Waals surface area contributed by atoms with E-state index in [-0.39, 0.29) is 54.3 Å². The van der Waals surface area contributed by atoms with Crippen LogP contribution in [0.2, 0.25) is 0 Å². The molecule has 1 amide bonds. The Morgan fingerprint density at radius 3 is 2.52 bits per heavy atom. The zero-order chi connectivity index (χ0) is 19.6. The lowest BCUT2D eigenvalue weighted by Crippen LogP contribution is -2.48. The van der Waals surface area contributed by atoms with Crippen molar-refractivity contribution in [1.29, 1.82) is 0 Å². The number of rotatable bonds is 6. The summed E-state index contributed by atoms with van der Waals surface area (Å²) in [5.74, 6) is -1.09. The van der Waals surface area contributed by atoms with Crippen molar-refractivity contribution >= 4 is 21.9 Å². The molecular formula is C18H24N2O6S. The van der Waals surface area contributed by atoms with E-state index in [1.807, 2.05) is 13.8 Å². The quantitative estimate of drug-likeness (QED) is 0.718. The Bertz CT molecular complexity index is 811. The fourth-order valence-corrected chi connectivity index (χ4v) is 4.61. The third-order valence-electron chi connectivity index (χ3n) is 4.37. The molecule has 1 aromatic rings. The number of amides is 1. The third-order valence-corrected chi connectivity index (χ3v) is 6.20. The van der Waals surface area contributed by atoms with Gasteiger partial charge in [0.05, 0.1) is 22.7 Å². The minimum Gasteiger partial charge on any atom is -0.452 e. The molecule has 2 fully saturated rings. The van der Waals surface area contributed by atoms with Gasteiger partial charge in [-0.15, -0.1) is 0 Å². The lowest BCUT2D eigenvalue weighted by molar-refractivity contribution is -0.124. The van der Waals surface area contributed by atoms with Crippen molar-refractivity contribution in [2.75, 3.05) is 19.7 Å². The van der Waals surface area contributed by atoms with Gasteiger partial charge in [-0.3, -0.25) is 4.79 Å². The Hall–Kier alpha value is -1.97. The number of nitrogens with one attached hydrogen (secondary N) is 1. The van der Waals surface area contributed by atoms with Crippen molar-refractivity contribution in [3.63, 3.8) is 0 Å². The molecule has 1 saturated carbocycles.